The smallest absolute Gasteiger partial charge is 0.237 e. The van der Waals surface area contributed by atoms with E-state index in [0.29, 0.717) is 11.3 Å². The fraction of sp³-hybridized carbons (Fsp3) is 0.200. The van der Waals surface area contributed by atoms with E-state index in [0.717, 1.165) is 0 Å². The number of para-hydroxylation sites is 1. The van der Waals surface area contributed by atoms with Crippen molar-refractivity contribution in [1.29, 1.82) is 5.26 Å². The molecule has 0 aromatic heterocycles. The number of benzene rings is 1. The number of amides is 1. The number of hydrogen-bond donors (Lipinski definition) is 1. The van der Waals surface area contributed by atoms with Gasteiger partial charge >= 0.3 is 0 Å². The van der Waals surface area contributed by atoms with Crippen LogP contribution >= 0.6 is 15.9 Å². The van der Waals surface area contributed by atoms with Crippen LogP contribution in [-0.2, 0) is 4.79 Å². The first kappa shape index (κ1) is 10.7. The minimum atomic E-state index is -0.269. The Morgan fingerprint density at radius 3 is 2.79 bits per heavy atom. The summed E-state index contributed by atoms with van der Waals surface area (Å²) in [6, 6.07) is 8.90. The number of anilines is 1. The molecule has 0 radical (unpaired) electrons. The van der Waals surface area contributed by atoms with Crippen LogP contribution < -0.4 is 5.32 Å². The number of hydrogen-bond acceptors (Lipinski definition) is 2. The normalized spacial score (nSPS) is 11.5. The summed E-state index contributed by atoms with van der Waals surface area (Å²) in [5.41, 5.74) is 1.01. The first-order valence-electron chi connectivity index (χ1n) is 4.09. The second-order valence-corrected chi connectivity index (χ2v) is 4.14. The van der Waals surface area contributed by atoms with E-state index in [4.69, 9.17) is 5.26 Å². The molecule has 0 aliphatic heterocycles. The Hall–Kier alpha value is -1.34. The van der Waals surface area contributed by atoms with Crippen LogP contribution in [0, 0.1) is 11.3 Å². The van der Waals surface area contributed by atoms with Crippen LogP contribution in [-0.4, -0.2) is 10.7 Å². The lowest BCUT2D eigenvalue weighted by Crippen LogP contribution is -2.20. The van der Waals surface area contributed by atoms with Gasteiger partial charge in [0.2, 0.25) is 5.91 Å². The number of alkyl halides is 1. The van der Waals surface area contributed by atoms with E-state index in [1.807, 2.05) is 6.07 Å². The van der Waals surface area contributed by atoms with Crippen LogP contribution in [0.5, 0.6) is 0 Å². The van der Waals surface area contributed by atoms with Crippen LogP contribution in [0.25, 0.3) is 0 Å². The lowest BCUT2D eigenvalue weighted by atomic mass is 10.2. The zero-order chi connectivity index (χ0) is 10.6. The van der Waals surface area contributed by atoms with Gasteiger partial charge in [-0.3, -0.25) is 4.79 Å². The second-order valence-electron chi connectivity index (χ2n) is 2.76. The third kappa shape index (κ3) is 2.57. The standard InChI is InChI=1S/C10H9BrN2O/c1-7(11)10(14)13-9-5-3-2-4-8(9)6-12/h2-5,7H,1H3,(H,13,14)/t7-/m1/s1. The Morgan fingerprint density at radius 1 is 1.57 bits per heavy atom. The van der Waals surface area contributed by atoms with Crippen molar-refractivity contribution in [3.8, 4) is 6.07 Å². The molecule has 0 saturated carbocycles. The summed E-state index contributed by atoms with van der Waals surface area (Å²) in [6.07, 6.45) is 0. The average molecular weight is 253 g/mol. The zero-order valence-electron chi connectivity index (χ0n) is 7.62. The van der Waals surface area contributed by atoms with Gasteiger partial charge in [0.05, 0.1) is 16.1 Å². The molecule has 0 heterocycles. The van der Waals surface area contributed by atoms with Gasteiger partial charge in [-0.25, -0.2) is 0 Å². The monoisotopic (exact) mass is 252 g/mol. The number of carbonyl (C=O) groups is 1. The van der Waals surface area contributed by atoms with Crippen molar-refractivity contribution < 1.29 is 4.79 Å². The van der Waals surface area contributed by atoms with Crippen molar-refractivity contribution in [2.75, 3.05) is 5.32 Å². The van der Waals surface area contributed by atoms with Gasteiger partial charge in [0, 0.05) is 0 Å². The summed E-state index contributed by atoms with van der Waals surface area (Å²) in [5, 5.41) is 11.4. The molecule has 3 nitrogen and oxygen atoms in total. The van der Waals surface area contributed by atoms with E-state index in [9.17, 15) is 4.79 Å². The molecule has 1 aromatic carbocycles. The number of nitrogens with one attached hydrogen (secondary N) is 1. The highest BCUT2D eigenvalue weighted by Crippen LogP contribution is 2.14. The van der Waals surface area contributed by atoms with Gasteiger partial charge in [0.15, 0.2) is 0 Å². The van der Waals surface area contributed by atoms with E-state index in [-0.39, 0.29) is 10.7 Å². The van der Waals surface area contributed by atoms with E-state index >= 15 is 0 Å². The summed E-state index contributed by atoms with van der Waals surface area (Å²) in [6.45, 7) is 1.73. The van der Waals surface area contributed by atoms with Crippen molar-refractivity contribution in [2.45, 2.75) is 11.8 Å². The molecule has 1 rings (SSSR count). The van der Waals surface area contributed by atoms with Crippen LogP contribution in [0.1, 0.15) is 12.5 Å². The molecule has 1 atom stereocenters. The maximum atomic E-state index is 11.3. The summed E-state index contributed by atoms with van der Waals surface area (Å²) in [5.74, 6) is -0.160. The maximum absolute atomic E-state index is 11.3. The van der Waals surface area contributed by atoms with Gasteiger partial charge < -0.3 is 5.32 Å². The average Bonchev–Trinajstić information content (AvgIpc) is 2.18. The fourth-order valence-electron chi connectivity index (χ4n) is 0.922. The van der Waals surface area contributed by atoms with E-state index in [1.165, 1.54) is 0 Å². The lowest BCUT2D eigenvalue weighted by molar-refractivity contribution is -0.115. The minimum absolute atomic E-state index is 0.160. The number of carbonyl (C=O) groups excluding carboxylic acids is 1. The summed E-state index contributed by atoms with van der Waals surface area (Å²) in [4.78, 5) is 11.0. The van der Waals surface area contributed by atoms with Gasteiger partial charge in [0.1, 0.15) is 6.07 Å². The van der Waals surface area contributed by atoms with Crippen LogP contribution in [0.4, 0.5) is 5.69 Å². The molecule has 4 heteroatoms. The topological polar surface area (TPSA) is 52.9 Å². The molecule has 0 bridgehead atoms. The zero-order valence-corrected chi connectivity index (χ0v) is 9.21. The van der Waals surface area contributed by atoms with Gasteiger partial charge in [0.25, 0.3) is 0 Å². The summed E-state index contributed by atoms with van der Waals surface area (Å²) in [7, 11) is 0. The molecule has 1 amide bonds. The van der Waals surface area contributed by atoms with Crippen LogP contribution in [0.2, 0.25) is 0 Å². The molecule has 0 unspecified atom stereocenters. The van der Waals surface area contributed by atoms with Crippen molar-refractivity contribution in [1.82, 2.24) is 0 Å². The predicted octanol–water partition coefficient (Wildman–Crippen LogP) is 2.28. The minimum Gasteiger partial charge on any atom is -0.324 e. The molecule has 0 aliphatic rings. The number of nitriles is 1. The third-order valence-corrected chi connectivity index (χ3v) is 2.08. The molecule has 1 aromatic rings. The predicted molar refractivity (Wildman–Crippen MR) is 58.2 cm³/mol. The highest BCUT2D eigenvalue weighted by molar-refractivity contribution is 9.10. The Balaban J connectivity index is 2.87. The summed E-state index contributed by atoms with van der Waals surface area (Å²) >= 11 is 3.15. The highest BCUT2D eigenvalue weighted by Gasteiger charge is 2.10. The fourth-order valence-corrected chi connectivity index (χ4v) is 1.04. The Labute approximate surface area is 90.9 Å². The molecular formula is C10H9BrN2O. The lowest BCUT2D eigenvalue weighted by Gasteiger charge is -2.07. The Bertz CT molecular complexity index is 382. The third-order valence-electron chi connectivity index (χ3n) is 1.67. The SMILES string of the molecule is C[C@@H](Br)C(=O)Nc1ccccc1C#N. The molecular weight excluding hydrogens is 244 g/mol. The molecule has 0 spiro atoms. The van der Waals surface area contributed by atoms with Crippen molar-refractivity contribution in [3.63, 3.8) is 0 Å². The number of halogens is 1. The van der Waals surface area contributed by atoms with Gasteiger partial charge in [-0.05, 0) is 19.1 Å². The Morgan fingerprint density at radius 2 is 2.21 bits per heavy atom. The second kappa shape index (κ2) is 4.77. The largest absolute Gasteiger partial charge is 0.324 e. The molecule has 0 fully saturated rings. The first-order valence-corrected chi connectivity index (χ1v) is 5.01. The van der Waals surface area contributed by atoms with Crippen LogP contribution in [0.15, 0.2) is 24.3 Å². The van der Waals surface area contributed by atoms with Crippen LogP contribution in [0.3, 0.4) is 0 Å². The molecule has 1 N–H and O–H groups in total. The molecule has 14 heavy (non-hydrogen) atoms. The van der Waals surface area contributed by atoms with E-state index in [1.54, 1.807) is 31.2 Å². The number of nitrogens with zero attached hydrogens (tertiary/aromatic N) is 1. The van der Waals surface area contributed by atoms with Crippen molar-refractivity contribution in [2.24, 2.45) is 0 Å². The van der Waals surface area contributed by atoms with Gasteiger partial charge in [-0.1, -0.05) is 28.1 Å². The van der Waals surface area contributed by atoms with Crippen molar-refractivity contribution >= 4 is 27.5 Å². The first-order chi connectivity index (χ1) is 6.65. The maximum Gasteiger partial charge on any atom is 0.237 e. The molecule has 0 saturated heterocycles. The van der Waals surface area contributed by atoms with Gasteiger partial charge in [-0.15, -0.1) is 0 Å². The highest BCUT2D eigenvalue weighted by atomic mass is 79.9. The quantitative estimate of drug-likeness (QED) is 0.822. The van der Waals surface area contributed by atoms with Gasteiger partial charge in [-0.2, -0.15) is 5.26 Å². The molecule has 0 aliphatic carbocycles. The van der Waals surface area contributed by atoms with E-state index in [2.05, 4.69) is 21.2 Å². The Kier molecular flexibility index (Phi) is 3.66. The number of rotatable bonds is 2. The molecule has 72 valence electrons. The van der Waals surface area contributed by atoms with Crippen molar-refractivity contribution in [3.05, 3.63) is 29.8 Å². The summed E-state index contributed by atoms with van der Waals surface area (Å²) < 4.78 is 0. The van der Waals surface area contributed by atoms with E-state index < -0.39 is 0 Å².